The molecule has 1 aromatic carbocycles. The molecule has 2 saturated heterocycles. The van der Waals surface area contributed by atoms with Crippen molar-refractivity contribution < 1.29 is 14.5 Å². The fourth-order valence-electron chi connectivity index (χ4n) is 2.98. The number of quaternary nitrogens is 1. The van der Waals surface area contributed by atoms with Crippen LogP contribution in [0.2, 0.25) is 0 Å². The molecule has 2 heterocycles. The number of carbonyl (C=O) groups is 2. The molecule has 0 unspecified atom stereocenters. The lowest BCUT2D eigenvalue weighted by atomic mass is 10.2. The van der Waals surface area contributed by atoms with E-state index in [9.17, 15) is 9.59 Å². The third-order valence-electron chi connectivity index (χ3n) is 3.90. The number of hydrogen-bond acceptors (Lipinski definition) is 2. The number of para-hydroxylation sites is 1. The van der Waals surface area contributed by atoms with Crippen molar-refractivity contribution in [2.45, 2.75) is 25.3 Å². The predicted molar refractivity (Wildman–Crippen MR) is 67.3 cm³/mol. The third kappa shape index (κ3) is 1.82. The molecule has 1 N–H and O–H groups in total. The van der Waals surface area contributed by atoms with Gasteiger partial charge < -0.3 is 4.90 Å². The van der Waals surface area contributed by atoms with Gasteiger partial charge in [-0.05, 0) is 12.1 Å². The molecule has 0 bridgehead atoms. The zero-order chi connectivity index (χ0) is 12.5. The maximum absolute atomic E-state index is 12.4. The fourth-order valence-corrected chi connectivity index (χ4v) is 2.98. The van der Waals surface area contributed by atoms with Gasteiger partial charge in [-0.25, -0.2) is 4.90 Å². The molecule has 0 saturated carbocycles. The summed E-state index contributed by atoms with van der Waals surface area (Å²) in [5.41, 5.74) is 0.702. The molecular formula is C14H17N2O2+. The van der Waals surface area contributed by atoms with Crippen LogP contribution in [0.3, 0.4) is 0 Å². The third-order valence-corrected chi connectivity index (χ3v) is 3.90. The molecule has 0 aromatic heterocycles. The molecule has 2 aliphatic heterocycles. The summed E-state index contributed by atoms with van der Waals surface area (Å²) in [4.78, 5) is 27.1. The Morgan fingerprint density at radius 1 is 1.06 bits per heavy atom. The van der Waals surface area contributed by atoms with Crippen molar-refractivity contribution in [3.05, 3.63) is 30.3 Å². The van der Waals surface area contributed by atoms with Crippen molar-refractivity contribution >= 4 is 17.5 Å². The number of hydrogen-bond donors (Lipinski definition) is 1. The van der Waals surface area contributed by atoms with Gasteiger partial charge in [-0.1, -0.05) is 18.2 Å². The van der Waals surface area contributed by atoms with Gasteiger partial charge in [0, 0.05) is 12.8 Å². The Kier molecular flexibility index (Phi) is 2.88. The summed E-state index contributed by atoms with van der Waals surface area (Å²) in [6, 6.07) is 9.07. The van der Waals surface area contributed by atoms with Gasteiger partial charge in [0.25, 0.3) is 5.91 Å². The van der Waals surface area contributed by atoms with E-state index in [1.54, 1.807) is 0 Å². The van der Waals surface area contributed by atoms with Crippen LogP contribution in [0.4, 0.5) is 5.69 Å². The van der Waals surface area contributed by atoms with E-state index in [0.717, 1.165) is 13.1 Å². The standard InChI is InChI=1S/C14H16N2O2/c17-13-10-12(15-8-4-5-9-15)14(18)16(13)11-6-2-1-3-7-11/h1-3,6-7,12H,4-5,8-10H2/p+1/t12-/m0/s1. The van der Waals surface area contributed by atoms with Crippen LogP contribution in [-0.4, -0.2) is 30.9 Å². The van der Waals surface area contributed by atoms with E-state index >= 15 is 0 Å². The molecule has 2 amide bonds. The minimum atomic E-state index is -0.153. The molecular weight excluding hydrogens is 228 g/mol. The highest BCUT2D eigenvalue weighted by Crippen LogP contribution is 2.21. The first-order valence-corrected chi connectivity index (χ1v) is 6.54. The van der Waals surface area contributed by atoms with Crippen LogP contribution in [0.25, 0.3) is 0 Å². The van der Waals surface area contributed by atoms with E-state index in [0.29, 0.717) is 12.1 Å². The van der Waals surface area contributed by atoms with E-state index in [4.69, 9.17) is 0 Å². The maximum Gasteiger partial charge on any atom is 0.292 e. The lowest BCUT2D eigenvalue weighted by Gasteiger charge is -2.19. The van der Waals surface area contributed by atoms with Crippen LogP contribution in [0, 0.1) is 0 Å². The molecule has 94 valence electrons. The molecule has 2 fully saturated rings. The monoisotopic (exact) mass is 245 g/mol. The number of amides is 2. The van der Waals surface area contributed by atoms with Crippen LogP contribution in [0.1, 0.15) is 19.3 Å². The van der Waals surface area contributed by atoms with Gasteiger partial charge in [-0.3, -0.25) is 9.59 Å². The molecule has 1 aromatic rings. The molecule has 3 rings (SSSR count). The highest BCUT2D eigenvalue weighted by molar-refractivity contribution is 6.21. The summed E-state index contributed by atoms with van der Waals surface area (Å²) < 4.78 is 0. The fraction of sp³-hybridized carbons (Fsp3) is 0.429. The van der Waals surface area contributed by atoms with Gasteiger partial charge in [0.1, 0.15) is 0 Å². The number of imide groups is 1. The molecule has 2 aliphatic rings. The second-order valence-electron chi connectivity index (χ2n) is 5.03. The first kappa shape index (κ1) is 11.4. The van der Waals surface area contributed by atoms with Gasteiger partial charge in [-0.2, -0.15) is 0 Å². The SMILES string of the molecule is O=C1C[C@H]([NH+]2CCCC2)C(=O)N1c1ccccc1. The predicted octanol–water partition coefficient (Wildman–Crippen LogP) is -0.00280. The average molecular weight is 245 g/mol. The van der Waals surface area contributed by atoms with Gasteiger partial charge in [-0.15, -0.1) is 0 Å². The van der Waals surface area contributed by atoms with Crippen molar-refractivity contribution in [2.75, 3.05) is 18.0 Å². The largest absolute Gasteiger partial charge is 0.324 e. The van der Waals surface area contributed by atoms with E-state index in [1.165, 1.54) is 22.6 Å². The Bertz CT molecular complexity index is 466. The normalized spacial score (nSPS) is 25.1. The Balaban J connectivity index is 1.85. The summed E-state index contributed by atoms with van der Waals surface area (Å²) in [5, 5.41) is 0. The van der Waals surface area contributed by atoms with Gasteiger partial charge in [0.05, 0.1) is 25.2 Å². The van der Waals surface area contributed by atoms with E-state index < -0.39 is 0 Å². The Morgan fingerprint density at radius 2 is 1.72 bits per heavy atom. The van der Waals surface area contributed by atoms with E-state index in [1.807, 2.05) is 30.3 Å². The summed E-state index contributed by atoms with van der Waals surface area (Å²) in [6.07, 6.45) is 2.69. The Labute approximate surface area is 106 Å². The summed E-state index contributed by atoms with van der Waals surface area (Å²) >= 11 is 0. The van der Waals surface area contributed by atoms with Crippen molar-refractivity contribution in [1.82, 2.24) is 0 Å². The lowest BCUT2D eigenvalue weighted by molar-refractivity contribution is -0.902. The van der Waals surface area contributed by atoms with Crippen LogP contribution in [0.5, 0.6) is 0 Å². The van der Waals surface area contributed by atoms with E-state index in [-0.39, 0.29) is 17.9 Å². The first-order chi connectivity index (χ1) is 8.77. The Morgan fingerprint density at radius 3 is 2.39 bits per heavy atom. The van der Waals surface area contributed by atoms with Crippen LogP contribution in [-0.2, 0) is 9.59 Å². The minimum Gasteiger partial charge on any atom is -0.324 e. The minimum absolute atomic E-state index is 0.0249. The van der Waals surface area contributed by atoms with Crippen molar-refractivity contribution in [1.29, 1.82) is 0 Å². The van der Waals surface area contributed by atoms with Crippen LogP contribution < -0.4 is 9.80 Å². The van der Waals surface area contributed by atoms with Gasteiger partial charge >= 0.3 is 0 Å². The highest BCUT2D eigenvalue weighted by Gasteiger charge is 2.46. The molecule has 0 radical (unpaired) electrons. The van der Waals surface area contributed by atoms with Crippen molar-refractivity contribution in [3.63, 3.8) is 0 Å². The zero-order valence-electron chi connectivity index (χ0n) is 10.3. The Hall–Kier alpha value is -1.68. The van der Waals surface area contributed by atoms with Crippen LogP contribution >= 0.6 is 0 Å². The first-order valence-electron chi connectivity index (χ1n) is 6.54. The topological polar surface area (TPSA) is 41.8 Å². The number of likely N-dealkylation sites (tertiary alicyclic amines) is 1. The molecule has 18 heavy (non-hydrogen) atoms. The molecule has 0 aliphatic carbocycles. The number of anilines is 1. The number of rotatable bonds is 2. The average Bonchev–Trinajstić information content (AvgIpc) is 2.99. The molecule has 0 spiro atoms. The maximum atomic E-state index is 12.4. The van der Waals surface area contributed by atoms with Crippen molar-refractivity contribution in [2.24, 2.45) is 0 Å². The number of carbonyl (C=O) groups excluding carboxylic acids is 2. The molecule has 4 heteroatoms. The quantitative estimate of drug-likeness (QED) is 0.745. The van der Waals surface area contributed by atoms with E-state index in [2.05, 4.69) is 0 Å². The number of benzene rings is 1. The van der Waals surface area contributed by atoms with Gasteiger partial charge in [0.2, 0.25) is 5.91 Å². The molecule has 1 atom stereocenters. The smallest absolute Gasteiger partial charge is 0.292 e. The lowest BCUT2D eigenvalue weighted by Crippen LogP contribution is -3.14. The summed E-state index contributed by atoms with van der Waals surface area (Å²) in [6.45, 7) is 2.04. The molecule has 4 nitrogen and oxygen atoms in total. The van der Waals surface area contributed by atoms with Crippen LogP contribution in [0.15, 0.2) is 30.3 Å². The number of nitrogens with one attached hydrogen (secondary N) is 1. The van der Waals surface area contributed by atoms with Gasteiger partial charge in [0.15, 0.2) is 6.04 Å². The summed E-state index contributed by atoms with van der Waals surface area (Å²) in [5.74, 6) is -0.0845. The summed E-state index contributed by atoms with van der Waals surface area (Å²) in [7, 11) is 0. The zero-order valence-corrected chi connectivity index (χ0v) is 10.3. The number of nitrogens with zero attached hydrogens (tertiary/aromatic N) is 1. The second kappa shape index (κ2) is 4.53. The highest BCUT2D eigenvalue weighted by atomic mass is 16.2. The second-order valence-corrected chi connectivity index (χ2v) is 5.03. The van der Waals surface area contributed by atoms with Crippen molar-refractivity contribution in [3.8, 4) is 0 Å².